The molecule has 0 aliphatic heterocycles. The summed E-state index contributed by atoms with van der Waals surface area (Å²) in [6, 6.07) is 7.30. The molecule has 0 saturated carbocycles. The summed E-state index contributed by atoms with van der Waals surface area (Å²) in [5.74, 6) is -0.362. The topological polar surface area (TPSA) is 58.6 Å². The Morgan fingerprint density at radius 1 is 1.25 bits per heavy atom. The fraction of sp³-hybridized carbons (Fsp3) is 0.467. The summed E-state index contributed by atoms with van der Waals surface area (Å²) in [5.41, 5.74) is 1.41. The van der Waals surface area contributed by atoms with Gasteiger partial charge in [-0.2, -0.15) is 0 Å². The van der Waals surface area contributed by atoms with Crippen LogP contribution in [0.15, 0.2) is 24.3 Å². The van der Waals surface area contributed by atoms with Crippen LogP contribution in [0.4, 0.5) is 0 Å². The lowest BCUT2D eigenvalue weighted by Crippen LogP contribution is -2.37. The van der Waals surface area contributed by atoms with E-state index < -0.39 is 0 Å². The number of hydrogen-bond acceptors (Lipinski definition) is 4. The Labute approximate surface area is 119 Å². The van der Waals surface area contributed by atoms with E-state index in [2.05, 4.69) is 5.32 Å². The van der Waals surface area contributed by atoms with Crippen molar-refractivity contribution in [2.45, 2.75) is 20.4 Å². The molecule has 0 aromatic heterocycles. The minimum absolute atomic E-state index is 0.00935. The molecule has 0 bridgehead atoms. The number of ether oxygens (including phenoxy) is 1. The van der Waals surface area contributed by atoms with Gasteiger partial charge in [-0.05, 0) is 25.1 Å². The molecule has 0 atom stereocenters. The summed E-state index contributed by atoms with van der Waals surface area (Å²) in [6.45, 7) is 6.08. The van der Waals surface area contributed by atoms with Crippen LogP contribution in [0.3, 0.4) is 0 Å². The number of hydrogen-bond donors (Lipinski definition) is 1. The minimum Gasteiger partial charge on any atom is -0.465 e. The van der Waals surface area contributed by atoms with Crippen LogP contribution in [-0.4, -0.2) is 43.5 Å². The van der Waals surface area contributed by atoms with E-state index in [-0.39, 0.29) is 11.9 Å². The van der Waals surface area contributed by atoms with Crippen LogP contribution in [0.2, 0.25) is 0 Å². The molecule has 5 heteroatoms. The molecule has 0 aliphatic rings. The largest absolute Gasteiger partial charge is 0.465 e. The highest BCUT2D eigenvalue weighted by molar-refractivity contribution is 5.91. The Balaban J connectivity index is 2.79. The average Bonchev–Trinajstić information content (AvgIpc) is 2.46. The van der Waals surface area contributed by atoms with Crippen molar-refractivity contribution in [3.63, 3.8) is 0 Å². The summed E-state index contributed by atoms with van der Waals surface area (Å²) in [7, 11) is 1.37. The number of nitrogens with zero attached hydrogens (tertiary/aromatic N) is 1. The predicted octanol–water partition coefficient (Wildman–Crippen LogP) is 1.43. The zero-order valence-electron chi connectivity index (χ0n) is 12.3. The summed E-state index contributed by atoms with van der Waals surface area (Å²) >= 11 is 0. The van der Waals surface area contributed by atoms with E-state index in [1.54, 1.807) is 12.1 Å². The van der Waals surface area contributed by atoms with Crippen molar-refractivity contribution in [1.82, 2.24) is 10.2 Å². The molecule has 0 fully saturated rings. The molecule has 0 saturated heterocycles. The molecule has 1 aromatic carbocycles. The van der Waals surface area contributed by atoms with E-state index in [1.165, 1.54) is 7.11 Å². The summed E-state index contributed by atoms with van der Waals surface area (Å²) in [6.07, 6.45) is 0. The number of rotatable bonds is 7. The lowest BCUT2D eigenvalue weighted by atomic mass is 10.1. The maximum absolute atomic E-state index is 11.7. The second-order valence-electron chi connectivity index (χ2n) is 4.41. The number of benzene rings is 1. The minimum atomic E-state index is -0.352. The highest BCUT2D eigenvalue weighted by Crippen LogP contribution is 2.12. The van der Waals surface area contributed by atoms with Crippen molar-refractivity contribution in [3.8, 4) is 0 Å². The Hall–Kier alpha value is -1.88. The van der Waals surface area contributed by atoms with Gasteiger partial charge in [0.2, 0.25) is 5.91 Å². The molecule has 1 amide bonds. The predicted molar refractivity (Wildman–Crippen MR) is 77.4 cm³/mol. The zero-order chi connectivity index (χ0) is 15.0. The molecule has 20 heavy (non-hydrogen) atoms. The Bertz CT molecular complexity index is 460. The van der Waals surface area contributed by atoms with Gasteiger partial charge in [-0.1, -0.05) is 25.1 Å². The molecule has 0 heterocycles. The number of likely N-dealkylation sites (N-methyl/N-ethyl adjacent to an activating group) is 2. The maximum atomic E-state index is 11.7. The van der Waals surface area contributed by atoms with Gasteiger partial charge in [-0.15, -0.1) is 0 Å². The van der Waals surface area contributed by atoms with E-state index in [0.717, 1.165) is 12.1 Å². The van der Waals surface area contributed by atoms with Crippen LogP contribution in [0.1, 0.15) is 29.8 Å². The first-order valence-corrected chi connectivity index (χ1v) is 6.77. The van der Waals surface area contributed by atoms with Crippen molar-refractivity contribution in [2.75, 3.05) is 26.7 Å². The molecule has 1 N–H and O–H groups in total. The Kier molecular flexibility index (Phi) is 6.73. The van der Waals surface area contributed by atoms with E-state index in [9.17, 15) is 9.59 Å². The van der Waals surface area contributed by atoms with Gasteiger partial charge in [0.15, 0.2) is 0 Å². The van der Waals surface area contributed by atoms with Crippen LogP contribution in [0, 0.1) is 0 Å². The van der Waals surface area contributed by atoms with Gasteiger partial charge in [0.05, 0.1) is 19.2 Å². The van der Waals surface area contributed by atoms with Gasteiger partial charge in [0, 0.05) is 13.1 Å². The van der Waals surface area contributed by atoms with Gasteiger partial charge < -0.3 is 10.1 Å². The molecule has 1 aromatic rings. The third kappa shape index (κ3) is 4.66. The van der Waals surface area contributed by atoms with E-state index in [1.807, 2.05) is 30.9 Å². The summed E-state index contributed by atoms with van der Waals surface area (Å²) in [5, 5.41) is 2.77. The highest BCUT2D eigenvalue weighted by Gasteiger charge is 2.15. The molecule has 0 aliphatic carbocycles. The molecule has 0 spiro atoms. The van der Waals surface area contributed by atoms with E-state index in [4.69, 9.17) is 4.74 Å². The fourth-order valence-corrected chi connectivity index (χ4v) is 1.94. The first kappa shape index (κ1) is 16.2. The number of amides is 1. The monoisotopic (exact) mass is 278 g/mol. The Morgan fingerprint density at radius 3 is 2.55 bits per heavy atom. The van der Waals surface area contributed by atoms with Crippen LogP contribution >= 0.6 is 0 Å². The van der Waals surface area contributed by atoms with E-state index in [0.29, 0.717) is 25.2 Å². The quantitative estimate of drug-likeness (QED) is 0.767. The zero-order valence-corrected chi connectivity index (χ0v) is 12.3. The summed E-state index contributed by atoms with van der Waals surface area (Å²) < 4.78 is 4.78. The van der Waals surface area contributed by atoms with Gasteiger partial charge in [-0.3, -0.25) is 9.69 Å². The molecule has 0 radical (unpaired) electrons. The second-order valence-corrected chi connectivity index (χ2v) is 4.41. The van der Waals surface area contributed by atoms with Crippen molar-refractivity contribution in [2.24, 2.45) is 0 Å². The van der Waals surface area contributed by atoms with Crippen LogP contribution in [0.25, 0.3) is 0 Å². The first-order chi connectivity index (χ1) is 9.62. The lowest BCUT2D eigenvalue weighted by molar-refractivity contribution is -0.122. The highest BCUT2D eigenvalue weighted by atomic mass is 16.5. The van der Waals surface area contributed by atoms with Gasteiger partial charge in [0.1, 0.15) is 0 Å². The molecule has 0 unspecified atom stereocenters. The number of carbonyl (C=O) groups is 2. The number of carbonyl (C=O) groups excluding carboxylic acids is 2. The second kappa shape index (κ2) is 8.32. The van der Waals surface area contributed by atoms with Gasteiger partial charge in [0.25, 0.3) is 0 Å². The normalized spacial score (nSPS) is 10.4. The van der Waals surface area contributed by atoms with Crippen molar-refractivity contribution in [3.05, 3.63) is 35.4 Å². The van der Waals surface area contributed by atoms with Gasteiger partial charge >= 0.3 is 5.97 Å². The molecule has 1 rings (SSSR count). The number of esters is 1. The van der Waals surface area contributed by atoms with E-state index >= 15 is 0 Å². The average molecular weight is 278 g/mol. The fourth-order valence-electron chi connectivity index (χ4n) is 1.94. The van der Waals surface area contributed by atoms with Crippen molar-refractivity contribution < 1.29 is 14.3 Å². The third-order valence-electron chi connectivity index (χ3n) is 3.00. The van der Waals surface area contributed by atoms with Crippen LogP contribution < -0.4 is 5.32 Å². The van der Waals surface area contributed by atoms with Crippen LogP contribution in [0.5, 0.6) is 0 Å². The molecular weight excluding hydrogens is 256 g/mol. The summed E-state index contributed by atoms with van der Waals surface area (Å²) in [4.78, 5) is 25.3. The first-order valence-electron chi connectivity index (χ1n) is 6.77. The third-order valence-corrected chi connectivity index (χ3v) is 3.00. The van der Waals surface area contributed by atoms with Crippen molar-refractivity contribution in [1.29, 1.82) is 0 Å². The molecule has 110 valence electrons. The number of nitrogens with one attached hydrogen (secondary N) is 1. The van der Waals surface area contributed by atoms with Crippen molar-refractivity contribution >= 4 is 11.9 Å². The molecule has 5 nitrogen and oxygen atoms in total. The maximum Gasteiger partial charge on any atom is 0.338 e. The smallest absolute Gasteiger partial charge is 0.338 e. The number of methoxy groups -OCH3 is 1. The van der Waals surface area contributed by atoms with Crippen LogP contribution in [-0.2, 0) is 16.1 Å². The Morgan fingerprint density at radius 2 is 1.95 bits per heavy atom. The lowest BCUT2D eigenvalue weighted by Gasteiger charge is -2.20. The SMILES string of the molecule is CCNC(=O)CN(CC)Cc1ccccc1C(=O)OC. The molecular formula is C15H22N2O3. The van der Waals surface area contributed by atoms with Gasteiger partial charge in [-0.25, -0.2) is 4.79 Å². The standard InChI is InChI=1S/C15H22N2O3/c1-4-16-14(18)11-17(5-2)10-12-8-6-7-9-13(12)15(19)20-3/h6-9H,4-5,10-11H2,1-3H3,(H,16,18).